The second-order valence-corrected chi connectivity index (χ2v) is 8.40. The summed E-state index contributed by atoms with van der Waals surface area (Å²) >= 11 is 3.44. The Morgan fingerprint density at radius 3 is 3.00 bits per heavy atom. The molecule has 2 aromatic heterocycles. The summed E-state index contributed by atoms with van der Waals surface area (Å²) in [5.41, 5.74) is 2.51. The van der Waals surface area contributed by atoms with Crippen molar-refractivity contribution in [3.63, 3.8) is 0 Å². The summed E-state index contributed by atoms with van der Waals surface area (Å²) in [5.74, 6) is 0.939. The third kappa shape index (κ3) is 5.17. The second-order valence-electron chi connectivity index (χ2n) is 6.69. The normalized spacial score (nSPS) is 17.9. The number of rotatable bonds is 9. The lowest BCUT2D eigenvalue weighted by Gasteiger charge is -2.19. The number of aromatic nitrogens is 1. The molecule has 1 aromatic carbocycles. The van der Waals surface area contributed by atoms with E-state index in [4.69, 9.17) is 9.47 Å². The van der Waals surface area contributed by atoms with Gasteiger partial charge in [-0.3, -0.25) is 0 Å². The van der Waals surface area contributed by atoms with Crippen molar-refractivity contribution in [3.8, 4) is 5.75 Å². The van der Waals surface area contributed by atoms with Gasteiger partial charge in [-0.15, -0.1) is 11.3 Å². The zero-order valence-electron chi connectivity index (χ0n) is 15.2. The molecule has 0 amide bonds. The average molecular weight is 401 g/mol. The first-order valence-electron chi connectivity index (χ1n) is 9.34. The Labute approximate surface area is 168 Å². The third-order valence-corrected chi connectivity index (χ3v) is 6.35. The van der Waals surface area contributed by atoms with E-state index in [-0.39, 0.29) is 12.1 Å². The molecule has 3 heterocycles. The van der Waals surface area contributed by atoms with E-state index in [1.165, 1.54) is 11.1 Å². The molecule has 0 bridgehead atoms. The Morgan fingerprint density at radius 1 is 1.26 bits per heavy atom. The molecule has 1 fully saturated rings. The summed E-state index contributed by atoms with van der Waals surface area (Å²) in [6.45, 7) is 2.23. The van der Waals surface area contributed by atoms with Crippen LogP contribution in [-0.4, -0.2) is 24.3 Å². The molecule has 0 unspecified atom stereocenters. The van der Waals surface area contributed by atoms with Crippen LogP contribution in [0.2, 0.25) is 0 Å². The summed E-state index contributed by atoms with van der Waals surface area (Å²) in [6.07, 6.45) is 5.27. The highest BCUT2D eigenvalue weighted by molar-refractivity contribution is 7.09. The van der Waals surface area contributed by atoms with E-state index < -0.39 is 0 Å². The number of hydrogen-bond donors (Lipinski definition) is 1. The molecule has 1 N–H and O–H groups in total. The van der Waals surface area contributed by atoms with Gasteiger partial charge in [-0.2, -0.15) is 11.3 Å². The predicted molar refractivity (Wildman–Crippen MR) is 111 cm³/mol. The zero-order chi connectivity index (χ0) is 18.3. The first-order chi connectivity index (χ1) is 13.4. The molecular weight excluding hydrogens is 376 g/mol. The van der Waals surface area contributed by atoms with Gasteiger partial charge in [0.25, 0.3) is 0 Å². The van der Waals surface area contributed by atoms with Gasteiger partial charge in [-0.1, -0.05) is 18.2 Å². The molecule has 4 rings (SSSR count). The van der Waals surface area contributed by atoms with Crippen LogP contribution < -0.4 is 10.1 Å². The molecule has 4 nitrogen and oxygen atoms in total. The Kier molecular flexibility index (Phi) is 6.53. The summed E-state index contributed by atoms with van der Waals surface area (Å²) < 4.78 is 11.7. The van der Waals surface area contributed by atoms with E-state index in [0.717, 1.165) is 43.2 Å². The number of nitrogens with one attached hydrogen (secondary N) is 1. The molecule has 27 heavy (non-hydrogen) atoms. The molecule has 1 aliphatic rings. The smallest absolute Gasteiger partial charge is 0.123 e. The van der Waals surface area contributed by atoms with E-state index in [1.807, 2.05) is 23.7 Å². The van der Waals surface area contributed by atoms with Gasteiger partial charge in [0.1, 0.15) is 17.4 Å². The van der Waals surface area contributed by atoms with Crippen molar-refractivity contribution < 1.29 is 9.47 Å². The van der Waals surface area contributed by atoms with Crippen molar-refractivity contribution in [1.82, 2.24) is 10.3 Å². The number of nitrogens with zero attached hydrogens (tertiary/aromatic N) is 1. The van der Waals surface area contributed by atoms with Gasteiger partial charge in [-0.05, 0) is 47.7 Å². The minimum atomic E-state index is 0.200. The third-order valence-electron chi connectivity index (χ3n) is 4.73. The van der Waals surface area contributed by atoms with Gasteiger partial charge in [0.05, 0.1) is 12.1 Å². The van der Waals surface area contributed by atoms with Crippen LogP contribution in [0.15, 0.2) is 52.7 Å². The molecular formula is C21H24N2O2S2. The minimum absolute atomic E-state index is 0.200. The topological polar surface area (TPSA) is 43.4 Å². The first kappa shape index (κ1) is 18.6. The molecule has 0 aliphatic carbocycles. The van der Waals surface area contributed by atoms with Crippen molar-refractivity contribution in [2.45, 2.75) is 38.0 Å². The molecule has 3 aromatic rings. The number of ether oxygens (including phenoxy) is 2. The van der Waals surface area contributed by atoms with Gasteiger partial charge in [0, 0.05) is 30.3 Å². The molecule has 142 valence electrons. The van der Waals surface area contributed by atoms with Crippen LogP contribution in [-0.2, 0) is 17.7 Å². The maximum Gasteiger partial charge on any atom is 0.123 e. The second kappa shape index (κ2) is 9.46. The van der Waals surface area contributed by atoms with E-state index in [9.17, 15) is 0 Å². The average Bonchev–Trinajstić information content (AvgIpc) is 3.47. The molecule has 6 heteroatoms. The number of hydrogen-bond acceptors (Lipinski definition) is 6. The highest BCUT2D eigenvalue weighted by Gasteiger charge is 2.18. The van der Waals surface area contributed by atoms with E-state index in [1.54, 1.807) is 22.7 Å². The van der Waals surface area contributed by atoms with Crippen LogP contribution >= 0.6 is 22.7 Å². The first-order valence-corrected chi connectivity index (χ1v) is 11.2. The Bertz CT molecular complexity index is 799. The monoisotopic (exact) mass is 400 g/mol. The van der Waals surface area contributed by atoms with Gasteiger partial charge >= 0.3 is 0 Å². The van der Waals surface area contributed by atoms with E-state index >= 15 is 0 Å². The number of thiophene rings is 1. The number of para-hydroxylation sites is 1. The predicted octanol–water partition coefficient (Wildman–Crippen LogP) is 4.84. The van der Waals surface area contributed by atoms with Gasteiger partial charge in [-0.25, -0.2) is 4.98 Å². The highest BCUT2D eigenvalue weighted by Crippen LogP contribution is 2.25. The number of benzene rings is 1. The minimum Gasteiger partial charge on any atom is -0.491 e. The summed E-state index contributed by atoms with van der Waals surface area (Å²) in [5, 5.41) is 11.2. The molecule has 0 saturated carbocycles. The fourth-order valence-corrected chi connectivity index (χ4v) is 4.68. The van der Waals surface area contributed by atoms with Crippen LogP contribution in [0, 0.1) is 0 Å². The van der Waals surface area contributed by atoms with Crippen LogP contribution in [0.3, 0.4) is 0 Å². The number of thiazole rings is 1. The van der Waals surface area contributed by atoms with Gasteiger partial charge in [0.2, 0.25) is 0 Å². The van der Waals surface area contributed by atoms with Crippen LogP contribution in [0.4, 0.5) is 0 Å². The lowest BCUT2D eigenvalue weighted by Crippen LogP contribution is -2.23. The molecule has 0 spiro atoms. The zero-order valence-corrected chi connectivity index (χ0v) is 16.8. The maximum absolute atomic E-state index is 6.07. The van der Waals surface area contributed by atoms with Crippen LogP contribution in [0.25, 0.3) is 0 Å². The SMILES string of the molecule is c1ccc(OC[C@H]2CCCO2)c(CN[C@H](Cc2ccsc2)c2nccs2)c1. The highest BCUT2D eigenvalue weighted by atomic mass is 32.1. The fourth-order valence-electron chi connectivity index (χ4n) is 3.28. The summed E-state index contributed by atoms with van der Waals surface area (Å²) in [6, 6.07) is 10.6. The Balaban J connectivity index is 1.41. The summed E-state index contributed by atoms with van der Waals surface area (Å²) in [4.78, 5) is 4.53. The van der Waals surface area contributed by atoms with Gasteiger partial charge in [0.15, 0.2) is 0 Å². The summed E-state index contributed by atoms with van der Waals surface area (Å²) in [7, 11) is 0. The molecule has 2 atom stereocenters. The van der Waals surface area contributed by atoms with Crippen molar-refractivity contribution in [2.75, 3.05) is 13.2 Å². The van der Waals surface area contributed by atoms with Crippen molar-refractivity contribution in [1.29, 1.82) is 0 Å². The van der Waals surface area contributed by atoms with Crippen molar-refractivity contribution in [2.24, 2.45) is 0 Å². The Hall–Kier alpha value is -1.73. The molecule has 1 aliphatic heterocycles. The van der Waals surface area contributed by atoms with E-state index in [2.05, 4.69) is 39.3 Å². The molecule has 0 radical (unpaired) electrons. The quantitative estimate of drug-likeness (QED) is 0.558. The largest absolute Gasteiger partial charge is 0.491 e. The fraction of sp³-hybridized carbons (Fsp3) is 0.381. The lowest BCUT2D eigenvalue weighted by atomic mass is 10.1. The van der Waals surface area contributed by atoms with Crippen LogP contribution in [0.1, 0.15) is 35.0 Å². The lowest BCUT2D eigenvalue weighted by molar-refractivity contribution is 0.0675. The Morgan fingerprint density at radius 2 is 2.22 bits per heavy atom. The maximum atomic E-state index is 6.07. The van der Waals surface area contributed by atoms with E-state index in [0.29, 0.717) is 6.61 Å². The standard InChI is InChI=1S/C21H24N2O2S2/c1-2-6-20(25-14-18-5-3-9-24-18)17(4-1)13-23-19(21-22-8-11-27-21)12-16-7-10-26-15-16/h1-2,4,6-8,10-11,15,18-19,23H,3,5,9,12-14H2/t18-,19-/m1/s1. The molecule has 1 saturated heterocycles. The van der Waals surface area contributed by atoms with Crippen LogP contribution in [0.5, 0.6) is 5.75 Å². The van der Waals surface area contributed by atoms with Gasteiger partial charge < -0.3 is 14.8 Å². The van der Waals surface area contributed by atoms with Crippen molar-refractivity contribution >= 4 is 22.7 Å². The van der Waals surface area contributed by atoms with Crippen molar-refractivity contribution in [3.05, 3.63) is 68.8 Å².